The molecule has 2 aliphatic heterocycles. The van der Waals surface area contributed by atoms with Gasteiger partial charge in [0.1, 0.15) is 0 Å². The van der Waals surface area contributed by atoms with Crippen molar-refractivity contribution in [3.8, 4) is 0 Å². The Kier molecular flexibility index (Phi) is 8.78. The summed E-state index contributed by atoms with van der Waals surface area (Å²) in [6, 6.07) is 0.697. The number of nitrogens with one attached hydrogen (secondary N) is 2. The molecule has 1 unspecified atom stereocenters. The minimum absolute atomic E-state index is 0.249. The summed E-state index contributed by atoms with van der Waals surface area (Å²) in [5.74, 6) is 1.09. The van der Waals surface area contributed by atoms with Crippen LogP contribution in [0.5, 0.6) is 0 Å². The number of nitrogens with zero attached hydrogens (tertiary/aromatic N) is 4. The van der Waals surface area contributed by atoms with Crippen molar-refractivity contribution in [2.45, 2.75) is 45.2 Å². The van der Waals surface area contributed by atoms with Crippen LogP contribution in [0.15, 0.2) is 4.99 Å². The number of aliphatic imine (C=N–C) groups is 1. The molecule has 158 valence electrons. The molecular weight excluding hydrogens is 364 g/mol. The van der Waals surface area contributed by atoms with Crippen LogP contribution in [0, 0.1) is 0 Å². The van der Waals surface area contributed by atoms with E-state index in [2.05, 4.69) is 41.5 Å². The highest BCUT2D eigenvalue weighted by atomic mass is 32.2. The lowest BCUT2D eigenvalue weighted by Gasteiger charge is -2.37. The second kappa shape index (κ2) is 10.6. The van der Waals surface area contributed by atoms with Gasteiger partial charge in [0.2, 0.25) is 10.0 Å². The third kappa shape index (κ3) is 6.89. The van der Waals surface area contributed by atoms with Crippen molar-refractivity contribution in [3.05, 3.63) is 0 Å². The smallest absolute Gasteiger partial charge is 0.214 e. The molecule has 0 radical (unpaired) electrons. The molecule has 0 bridgehead atoms. The van der Waals surface area contributed by atoms with Crippen molar-refractivity contribution < 1.29 is 8.42 Å². The molecule has 8 nitrogen and oxygen atoms in total. The number of guanidine groups is 1. The van der Waals surface area contributed by atoms with Gasteiger partial charge in [-0.05, 0) is 40.3 Å². The Bertz CT molecular complexity index is 574. The van der Waals surface area contributed by atoms with E-state index in [0.29, 0.717) is 25.6 Å². The van der Waals surface area contributed by atoms with Gasteiger partial charge in [0, 0.05) is 51.4 Å². The van der Waals surface area contributed by atoms with Crippen LogP contribution in [-0.4, -0.2) is 106 Å². The monoisotopic (exact) mass is 402 g/mol. The Morgan fingerprint density at radius 1 is 1.11 bits per heavy atom. The normalized spacial score (nSPS) is 24.9. The van der Waals surface area contributed by atoms with Gasteiger partial charge < -0.3 is 15.5 Å². The number of piperazine rings is 1. The van der Waals surface area contributed by atoms with Gasteiger partial charge in [0.25, 0.3) is 0 Å². The van der Waals surface area contributed by atoms with Crippen molar-refractivity contribution in [1.82, 2.24) is 24.7 Å². The average Bonchev–Trinajstić information content (AvgIpc) is 2.63. The van der Waals surface area contributed by atoms with Crippen LogP contribution >= 0.6 is 0 Å². The van der Waals surface area contributed by atoms with Crippen molar-refractivity contribution >= 4 is 16.0 Å². The molecule has 2 N–H and O–H groups in total. The van der Waals surface area contributed by atoms with Crippen LogP contribution in [-0.2, 0) is 10.0 Å². The van der Waals surface area contributed by atoms with Crippen molar-refractivity contribution in [3.63, 3.8) is 0 Å². The molecule has 1 atom stereocenters. The van der Waals surface area contributed by atoms with Gasteiger partial charge in [0.15, 0.2) is 5.96 Å². The van der Waals surface area contributed by atoms with E-state index in [-0.39, 0.29) is 11.8 Å². The number of rotatable bonds is 7. The fraction of sp³-hybridized carbons (Fsp3) is 0.944. The Hall–Kier alpha value is -0.900. The number of likely N-dealkylation sites (N-methyl/N-ethyl adjacent to an activating group) is 2. The zero-order chi connectivity index (χ0) is 19.9. The lowest BCUT2D eigenvalue weighted by Crippen LogP contribution is -2.52. The molecule has 27 heavy (non-hydrogen) atoms. The molecule has 0 aromatic heterocycles. The fourth-order valence-corrected chi connectivity index (χ4v) is 5.22. The predicted molar refractivity (Wildman–Crippen MR) is 112 cm³/mol. The van der Waals surface area contributed by atoms with Crippen LogP contribution < -0.4 is 10.6 Å². The maximum atomic E-state index is 12.2. The molecule has 2 fully saturated rings. The molecule has 2 heterocycles. The van der Waals surface area contributed by atoms with Gasteiger partial charge in [-0.2, -0.15) is 0 Å². The molecule has 0 aromatic rings. The first kappa shape index (κ1) is 22.4. The zero-order valence-electron chi connectivity index (χ0n) is 17.4. The van der Waals surface area contributed by atoms with Crippen LogP contribution in [0.4, 0.5) is 0 Å². The number of piperidine rings is 1. The standard InChI is InChI=1S/C18H38N6O2S/c1-5-13-27(25,26)24-9-7-16(8-10-24)21-18(19-6-2)20-14-17-15-22(3)11-12-23(17)4/h16-17H,5-15H2,1-4H3,(H2,19,20,21). The van der Waals surface area contributed by atoms with Gasteiger partial charge in [0.05, 0.1) is 12.3 Å². The summed E-state index contributed by atoms with van der Waals surface area (Å²) < 4.78 is 26.1. The van der Waals surface area contributed by atoms with Gasteiger partial charge in [-0.1, -0.05) is 6.92 Å². The number of sulfonamides is 1. The average molecular weight is 403 g/mol. The number of hydrogen-bond donors (Lipinski definition) is 2. The van der Waals surface area contributed by atoms with Crippen LogP contribution in [0.2, 0.25) is 0 Å². The fourth-order valence-electron chi connectivity index (χ4n) is 3.67. The van der Waals surface area contributed by atoms with E-state index in [0.717, 1.165) is 51.5 Å². The first-order chi connectivity index (χ1) is 12.9. The van der Waals surface area contributed by atoms with Gasteiger partial charge >= 0.3 is 0 Å². The Labute approximate surface area is 165 Å². The molecule has 0 aromatic carbocycles. The lowest BCUT2D eigenvalue weighted by atomic mass is 10.1. The van der Waals surface area contributed by atoms with E-state index < -0.39 is 10.0 Å². The third-order valence-electron chi connectivity index (χ3n) is 5.43. The van der Waals surface area contributed by atoms with Gasteiger partial charge in [-0.3, -0.25) is 9.89 Å². The summed E-state index contributed by atoms with van der Waals surface area (Å²) in [5.41, 5.74) is 0. The van der Waals surface area contributed by atoms with Crippen molar-refractivity contribution in [2.75, 3.05) is 65.7 Å². The molecule has 2 rings (SSSR count). The maximum Gasteiger partial charge on any atom is 0.214 e. The van der Waals surface area contributed by atoms with Gasteiger partial charge in [-0.25, -0.2) is 12.7 Å². The Balaban J connectivity index is 1.87. The van der Waals surface area contributed by atoms with Crippen molar-refractivity contribution in [1.29, 1.82) is 0 Å². The van der Waals surface area contributed by atoms with E-state index in [1.165, 1.54) is 0 Å². The first-order valence-corrected chi connectivity index (χ1v) is 11.9. The summed E-state index contributed by atoms with van der Waals surface area (Å²) in [7, 11) is 1.24. The highest BCUT2D eigenvalue weighted by Crippen LogP contribution is 2.15. The Morgan fingerprint density at radius 2 is 1.81 bits per heavy atom. The topological polar surface area (TPSA) is 80.3 Å². The minimum atomic E-state index is -3.08. The van der Waals surface area contributed by atoms with E-state index >= 15 is 0 Å². The van der Waals surface area contributed by atoms with Crippen LogP contribution in [0.3, 0.4) is 0 Å². The second-order valence-electron chi connectivity index (χ2n) is 7.75. The quantitative estimate of drug-likeness (QED) is 0.461. The molecular formula is C18H38N6O2S. The highest BCUT2D eigenvalue weighted by molar-refractivity contribution is 7.89. The SMILES string of the molecule is CCCS(=O)(=O)N1CCC(NC(=NCC2CN(C)CCN2C)NCC)CC1. The molecule has 0 aliphatic carbocycles. The molecule has 9 heteroatoms. The summed E-state index contributed by atoms with van der Waals surface area (Å²) in [4.78, 5) is 9.54. The maximum absolute atomic E-state index is 12.2. The highest BCUT2D eigenvalue weighted by Gasteiger charge is 2.28. The van der Waals surface area contributed by atoms with E-state index in [4.69, 9.17) is 4.99 Å². The van der Waals surface area contributed by atoms with Crippen LogP contribution in [0.1, 0.15) is 33.1 Å². The van der Waals surface area contributed by atoms with Gasteiger partial charge in [-0.15, -0.1) is 0 Å². The summed E-state index contributed by atoms with van der Waals surface area (Å²) in [6.45, 7) is 9.96. The zero-order valence-corrected chi connectivity index (χ0v) is 18.3. The molecule has 0 amide bonds. The van der Waals surface area contributed by atoms with E-state index in [1.54, 1.807) is 4.31 Å². The largest absolute Gasteiger partial charge is 0.357 e. The summed E-state index contributed by atoms with van der Waals surface area (Å²) in [6.07, 6.45) is 2.31. The summed E-state index contributed by atoms with van der Waals surface area (Å²) in [5, 5.41) is 6.84. The Morgan fingerprint density at radius 3 is 2.44 bits per heavy atom. The molecule has 2 aliphatic rings. The first-order valence-electron chi connectivity index (χ1n) is 10.3. The lowest BCUT2D eigenvalue weighted by molar-refractivity contribution is 0.119. The number of hydrogen-bond acceptors (Lipinski definition) is 5. The second-order valence-corrected chi connectivity index (χ2v) is 9.84. The van der Waals surface area contributed by atoms with Crippen LogP contribution in [0.25, 0.3) is 0 Å². The van der Waals surface area contributed by atoms with Crippen molar-refractivity contribution in [2.24, 2.45) is 4.99 Å². The minimum Gasteiger partial charge on any atom is -0.357 e. The third-order valence-corrected chi connectivity index (χ3v) is 7.51. The van der Waals surface area contributed by atoms with E-state index in [9.17, 15) is 8.42 Å². The summed E-state index contributed by atoms with van der Waals surface area (Å²) >= 11 is 0. The van der Waals surface area contributed by atoms with E-state index in [1.807, 2.05) is 6.92 Å². The molecule has 0 saturated carbocycles. The molecule has 2 saturated heterocycles. The molecule has 0 spiro atoms. The predicted octanol–water partition coefficient (Wildman–Crippen LogP) is -0.00850.